The monoisotopic (exact) mass is 271 g/mol. The lowest BCUT2D eigenvalue weighted by atomic mass is 9.88. The molecule has 2 heterocycles. The number of piperidine rings is 1. The van der Waals surface area contributed by atoms with Crippen LogP contribution in [0.5, 0.6) is 0 Å². The van der Waals surface area contributed by atoms with Crippen molar-refractivity contribution >= 4 is 11.9 Å². The standard InChI is InChI=1S/C13H21NO5/c1-12(2,11(16)17)9-10(15)14-5-3-13(4-6-14)18-7-8-19-13/h3-9H2,1-2H3,(H,16,17). The molecule has 2 aliphatic rings. The molecule has 0 bridgehead atoms. The molecule has 2 saturated heterocycles. The number of carboxylic acids is 1. The van der Waals surface area contributed by atoms with Crippen LogP contribution in [0.2, 0.25) is 0 Å². The van der Waals surface area contributed by atoms with Crippen LogP contribution in [-0.4, -0.2) is 54.0 Å². The van der Waals surface area contributed by atoms with E-state index in [1.165, 1.54) is 0 Å². The van der Waals surface area contributed by atoms with E-state index in [1.54, 1.807) is 18.7 Å². The van der Waals surface area contributed by atoms with Crippen molar-refractivity contribution in [2.45, 2.75) is 38.9 Å². The topological polar surface area (TPSA) is 76.1 Å². The van der Waals surface area contributed by atoms with Gasteiger partial charge in [-0.3, -0.25) is 9.59 Å². The highest BCUT2D eigenvalue weighted by Crippen LogP contribution is 2.32. The average Bonchev–Trinajstić information content (AvgIpc) is 2.77. The first kappa shape index (κ1) is 14.3. The highest BCUT2D eigenvalue weighted by atomic mass is 16.7. The summed E-state index contributed by atoms with van der Waals surface area (Å²) in [4.78, 5) is 24.8. The predicted molar refractivity (Wildman–Crippen MR) is 66.5 cm³/mol. The first-order valence-corrected chi connectivity index (χ1v) is 6.64. The molecule has 2 rings (SSSR count). The number of carboxylic acid groups (broad SMARTS) is 1. The summed E-state index contributed by atoms with van der Waals surface area (Å²) in [5.74, 6) is -1.56. The lowest BCUT2D eigenvalue weighted by Gasteiger charge is -2.38. The number of aliphatic carboxylic acids is 1. The second-order valence-electron chi connectivity index (χ2n) is 5.85. The van der Waals surface area contributed by atoms with E-state index >= 15 is 0 Å². The zero-order valence-electron chi connectivity index (χ0n) is 11.5. The van der Waals surface area contributed by atoms with Gasteiger partial charge in [0.2, 0.25) is 5.91 Å². The third-order valence-corrected chi connectivity index (χ3v) is 3.86. The van der Waals surface area contributed by atoms with Crippen LogP contribution in [0.1, 0.15) is 33.1 Å². The summed E-state index contributed by atoms with van der Waals surface area (Å²) in [6.07, 6.45) is 1.34. The third-order valence-electron chi connectivity index (χ3n) is 3.86. The number of nitrogens with zero attached hydrogens (tertiary/aromatic N) is 1. The van der Waals surface area contributed by atoms with Gasteiger partial charge in [0.1, 0.15) is 0 Å². The van der Waals surface area contributed by atoms with Crippen molar-refractivity contribution in [2.75, 3.05) is 26.3 Å². The lowest BCUT2D eigenvalue weighted by Crippen LogP contribution is -2.48. The molecule has 108 valence electrons. The molecule has 0 atom stereocenters. The number of hydrogen-bond acceptors (Lipinski definition) is 4. The minimum Gasteiger partial charge on any atom is -0.481 e. The van der Waals surface area contributed by atoms with Gasteiger partial charge < -0.3 is 19.5 Å². The molecule has 0 aliphatic carbocycles. The zero-order chi connectivity index (χ0) is 14.1. The van der Waals surface area contributed by atoms with Gasteiger partial charge in [0.25, 0.3) is 0 Å². The molecule has 6 nitrogen and oxygen atoms in total. The fraction of sp³-hybridized carbons (Fsp3) is 0.846. The van der Waals surface area contributed by atoms with Crippen LogP contribution in [0, 0.1) is 5.41 Å². The van der Waals surface area contributed by atoms with Crippen LogP contribution >= 0.6 is 0 Å². The second kappa shape index (κ2) is 5.09. The molecule has 0 aromatic heterocycles. The van der Waals surface area contributed by atoms with Crippen molar-refractivity contribution in [2.24, 2.45) is 5.41 Å². The van der Waals surface area contributed by atoms with Crippen molar-refractivity contribution in [1.82, 2.24) is 4.90 Å². The van der Waals surface area contributed by atoms with Crippen LogP contribution in [0.4, 0.5) is 0 Å². The van der Waals surface area contributed by atoms with E-state index < -0.39 is 17.2 Å². The minimum atomic E-state index is -1.02. The lowest BCUT2D eigenvalue weighted by molar-refractivity contribution is -0.188. The van der Waals surface area contributed by atoms with Crippen molar-refractivity contribution in [3.8, 4) is 0 Å². The summed E-state index contributed by atoms with van der Waals surface area (Å²) in [5, 5.41) is 9.05. The molecule has 1 spiro atoms. The Bertz CT molecular complexity index is 363. The molecule has 0 saturated carbocycles. The number of likely N-dealkylation sites (tertiary alicyclic amines) is 1. The van der Waals surface area contributed by atoms with Crippen molar-refractivity contribution in [3.63, 3.8) is 0 Å². The fourth-order valence-corrected chi connectivity index (χ4v) is 2.45. The Morgan fingerprint density at radius 1 is 1.21 bits per heavy atom. The van der Waals surface area contributed by atoms with Crippen molar-refractivity contribution in [1.29, 1.82) is 0 Å². The number of carbonyl (C=O) groups excluding carboxylic acids is 1. The van der Waals surface area contributed by atoms with Crippen molar-refractivity contribution < 1.29 is 24.2 Å². The molecular weight excluding hydrogens is 250 g/mol. The molecular formula is C13H21NO5. The largest absolute Gasteiger partial charge is 0.481 e. The van der Waals surface area contributed by atoms with Crippen LogP contribution in [0.3, 0.4) is 0 Å². The Kier molecular flexibility index (Phi) is 3.82. The van der Waals surface area contributed by atoms with Crippen LogP contribution < -0.4 is 0 Å². The van der Waals surface area contributed by atoms with Crippen LogP contribution in [0.25, 0.3) is 0 Å². The second-order valence-corrected chi connectivity index (χ2v) is 5.85. The number of carbonyl (C=O) groups is 2. The molecule has 0 unspecified atom stereocenters. The zero-order valence-corrected chi connectivity index (χ0v) is 11.5. The Morgan fingerprint density at radius 2 is 1.74 bits per heavy atom. The van der Waals surface area contributed by atoms with E-state index in [1.807, 2.05) is 0 Å². The van der Waals surface area contributed by atoms with E-state index in [0.717, 1.165) is 0 Å². The quantitative estimate of drug-likeness (QED) is 0.823. The predicted octanol–water partition coefficient (Wildman–Crippen LogP) is 0.853. The molecule has 2 aliphatic heterocycles. The Balaban J connectivity index is 1.87. The van der Waals surface area contributed by atoms with Crippen LogP contribution in [0.15, 0.2) is 0 Å². The van der Waals surface area contributed by atoms with Gasteiger partial charge in [-0.1, -0.05) is 0 Å². The van der Waals surface area contributed by atoms with E-state index in [4.69, 9.17) is 14.6 Å². The van der Waals surface area contributed by atoms with Crippen molar-refractivity contribution in [3.05, 3.63) is 0 Å². The number of hydrogen-bond donors (Lipinski definition) is 1. The number of amides is 1. The summed E-state index contributed by atoms with van der Waals surface area (Å²) in [6, 6.07) is 0. The smallest absolute Gasteiger partial charge is 0.309 e. The number of ether oxygens (including phenoxy) is 2. The van der Waals surface area contributed by atoms with E-state index in [0.29, 0.717) is 39.1 Å². The van der Waals surface area contributed by atoms with Gasteiger partial charge in [0.15, 0.2) is 5.79 Å². The van der Waals surface area contributed by atoms with Gasteiger partial charge in [-0.15, -0.1) is 0 Å². The molecule has 0 radical (unpaired) electrons. The van der Waals surface area contributed by atoms with Gasteiger partial charge in [-0.25, -0.2) is 0 Å². The minimum absolute atomic E-state index is 0.0248. The molecule has 1 amide bonds. The Labute approximate surface area is 112 Å². The number of rotatable bonds is 3. The van der Waals surface area contributed by atoms with Gasteiger partial charge in [-0.2, -0.15) is 0 Å². The first-order valence-electron chi connectivity index (χ1n) is 6.64. The van der Waals surface area contributed by atoms with Gasteiger partial charge in [-0.05, 0) is 13.8 Å². The highest BCUT2D eigenvalue weighted by Gasteiger charge is 2.41. The van der Waals surface area contributed by atoms with Gasteiger partial charge >= 0.3 is 5.97 Å². The fourth-order valence-electron chi connectivity index (χ4n) is 2.45. The molecule has 0 aromatic carbocycles. The maximum absolute atomic E-state index is 12.1. The molecule has 19 heavy (non-hydrogen) atoms. The molecule has 1 N–H and O–H groups in total. The summed E-state index contributed by atoms with van der Waals surface area (Å²) >= 11 is 0. The highest BCUT2D eigenvalue weighted by molar-refractivity contribution is 5.84. The summed E-state index contributed by atoms with van der Waals surface area (Å²) in [6.45, 7) is 5.49. The summed E-state index contributed by atoms with van der Waals surface area (Å²) in [7, 11) is 0. The Hall–Kier alpha value is -1.14. The summed E-state index contributed by atoms with van der Waals surface area (Å²) < 4.78 is 11.2. The third kappa shape index (κ3) is 3.06. The maximum atomic E-state index is 12.1. The average molecular weight is 271 g/mol. The van der Waals surface area contributed by atoms with Gasteiger partial charge in [0.05, 0.1) is 18.6 Å². The SMILES string of the molecule is CC(C)(CC(=O)N1CCC2(CC1)OCCO2)C(=O)O. The normalized spacial score (nSPS) is 22.7. The van der Waals surface area contributed by atoms with Crippen LogP contribution in [-0.2, 0) is 19.1 Å². The van der Waals surface area contributed by atoms with Gasteiger partial charge in [0, 0.05) is 32.4 Å². The Morgan fingerprint density at radius 3 is 2.21 bits per heavy atom. The molecule has 2 fully saturated rings. The van der Waals surface area contributed by atoms with E-state index in [2.05, 4.69) is 0 Å². The first-order chi connectivity index (χ1) is 8.85. The van der Waals surface area contributed by atoms with E-state index in [-0.39, 0.29) is 12.3 Å². The summed E-state index contributed by atoms with van der Waals surface area (Å²) in [5.41, 5.74) is -1.02. The molecule has 0 aromatic rings. The molecule has 6 heteroatoms. The van der Waals surface area contributed by atoms with E-state index in [9.17, 15) is 9.59 Å². The maximum Gasteiger partial charge on any atom is 0.309 e.